The molecule has 0 aliphatic heterocycles. The normalized spacial score (nSPS) is 12.3. The van der Waals surface area contributed by atoms with E-state index in [-0.39, 0.29) is 17.9 Å². The van der Waals surface area contributed by atoms with E-state index in [2.05, 4.69) is 4.72 Å². The molecule has 0 aliphatic rings. The highest BCUT2D eigenvalue weighted by molar-refractivity contribution is 7.89. The zero-order chi connectivity index (χ0) is 15.4. The van der Waals surface area contributed by atoms with Gasteiger partial charge in [-0.15, -0.1) is 0 Å². The lowest BCUT2D eigenvalue weighted by Gasteiger charge is -2.24. The summed E-state index contributed by atoms with van der Waals surface area (Å²) in [6.45, 7) is 3.67. The van der Waals surface area contributed by atoms with Crippen molar-refractivity contribution in [3.8, 4) is 0 Å². The minimum Gasteiger partial charge on any atom is -0.481 e. The number of carbonyl (C=O) groups is 1. The highest BCUT2D eigenvalue weighted by Crippen LogP contribution is 2.14. The SMILES string of the molecule is COCC(C)(C)NS(=O)(=O)c1ccc(CC(=O)O)cc1. The summed E-state index contributed by atoms with van der Waals surface area (Å²) in [5, 5.41) is 8.66. The van der Waals surface area contributed by atoms with Gasteiger partial charge in [0.25, 0.3) is 0 Å². The Morgan fingerprint density at radius 1 is 1.30 bits per heavy atom. The molecule has 2 N–H and O–H groups in total. The molecular formula is C13H19NO5S. The van der Waals surface area contributed by atoms with Crippen molar-refractivity contribution in [2.45, 2.75) is 30.7 Å². The lowest BCUT2D eigenvalue weighted by atomic mass is 10.1. The third-order valence-corrected chi connectivity index (χ3v) is 4.22. The van der Waals surface area contributed by atoms with Crippen LogP contribution in [-0.2, 0) is 26.0 Å². The standard InChI is InChI=1S/C13H19NO5S/c1-13(2,9-19-3)14-20(17,18)11-6-4-10(5-7-11)8-12(15)16/h4-7,14H,8-9H2,1-3H3,(H,15,16). The molecule has 20 heavy (non-hydrogen) atoms. The van der Waals surface area contributed by atoms with Crippen molar-refractivity contribution in [3.05, 3.63) is 29.8 Å². The molecule has 112 valence electrons. The number of methoxy groups -OCH3 is 1. The zero-order valence-electron chi connectivity index (χ0n) is 11.7. The third-order valence-electron chi connectivity index (χ3n) is 2.50. The van der Waals surface area contributed by atoms with Crippen LogP contribution in [0.1, 0.15) is 19.4 Å². The number of aliphatic carboxylic acids is 1. The predicted molar refractivity (Wildman–Crippen MR) is 74.1 cm³/mol. The van der Waals surface area contributed by atoms with Gasteiger partial charge in [0, 0.05) is 7.11 Å². The van der Waals surface area contributed by atoms with Gasteiger partial charge in [-0.1, -0.05) is 12.1 Å². The fraction of sp³-hybridized carbons (Fsp3) is 0.462. The molecule has 0 saturated heterocycles. The van der Waals surface area contributed by atoms with E-state index in [0.717, 1.165) is 0 Å². The van der Waals surface area contributed by atoms with Gasteiger partial charge in [0.05, 0.1) is 23.5 Å². The average molecular weight is 301 g/mol. The molecule has 0 heterocycles. The number of rotatable bonds is 7. The van der Waals surface area contributed by atoms with Crippen LogP contribution in [0.25, 0.3) is 0 Å². The minimum absolute atomic E-state index is 0.0933. The van der Waals surface area contributed by atoms with Gasteiger partial charge in [-0.25, -0.2) is 13.1 Å². The van der Waals surface area contributed by atoms with E-state index in [1.807, 2.05) is 0 Å². The van der Waals surface area contributed by atoms with Crippen molar-refractivity contribution in [3.63, 3.8) is 0 Å². The number of hydrogen-bond acceptors (Lipinski definition) is 4. The second kappa shape index (κ2) is 6.34. The van der Waals surface area contributed by atoms with Gasteiger partial charge in [-0.3, -0.25) is 4.79 Å². The second-order valence-corrected chi connectivity index (χ2v) is 6.82. The van der Waals surface area contributed by atoms with Crippen molar-refractivity contribution in [1.82, 2.24) is 4.72 Å². The quantitative estimate of drug-likeness (QED) is 0.784. The monoisotopic (exact) mass is 301 g/mol. The molecule has 0 amide bonds. The summed E-state index contributed by atoms with van der Waals surface area (Å²) in [6.07, 6.45) is -0.136. The number of hydrogen-bond donors (Lipinski definition) is 2. The van der Waals surface area contributed by atoms with E-state index in [0.29, 0.717) is 5.56 Å². The summed E-state index contributed by atoms with van der Waals surface area (Å²) in [5.74, 6) is -0.958. The van der Waals surface area contributed by atoms with Gasteiger partial charge < -0.3 is 9.84 Å². The molecule has 0 bridgehead atoms. The maximum Gasteiger partial charge on any atom is 0.307 e. The largest absolute Gasteiger partial charge is 0.481 e. The Kier molecular flexibility index (Phi) is 5.27. The lowest BCUT2D eigenvalue weighted by Crippen LogP contribution is -2.46. The second-order valence-electron chi connectivity index (χ2n) is 5.14. The van der Waals surface area contributed by atoms with Crippen LogP contribution in [0.4, 0.5) is 0 Å². The Bertz CT molecular complexity index is 563. The molecule has 0 aliphatic carbocycles. The Hall–Kier alpha value is -1.44. The summed E-state index contributed by atoms with van der Waals surface area (Å²) < 4.78 is 31.8. The van der Waals surface area contributed by atoms with Crippen LogP contribution in [0.2, 0.25) is 0 Å². The Morgan fingerprint density at radius 3 is 2.30 bits per heavy atom. The van der Waals surface area contributed by atoms with Gasteiger partial charge in [0.15, 0.2) is 0 Å². The van der Waals surface area contributed by atoms with Crippen LogP contribution in [0.3, 0.4) is 0 Å². The first kappa shape index (κ1) is 16.6. The summed E-state index contributed by atoms with van der Waals surface area (Å²) in [5.41, 5.74) is -0.180. The van der Waals surface area contributed by atoms with Crippen molar-refractivity contribution >= 4 is 16.0 Å². The van der Waals surface area contributed by atoms with Crippen molar-refractivity contribution < 1.29 is 23.1 Å². The molecule has 0 spiro atoms. The van der Waals surface area contributed by atoms with Gasteiger partial charge in [0.1, 0.15) is 0 Å². The number of ether oxygens (including phenoxy) is 1. The number of nitrogens with one attached hydrogen (secondary N) is 1. The molecule has 0 fully saturated rings. The molecule has 1 aromatic rings. The molecule has 1 rings (SSSR count). The fourth-order valence-corrected chi connectivity index (χ4v) is 3.17. The summed E-state index contributed by atoms with van der Waals surface area (Å²) in [4.78, 5) is 10.7. The highest BCUT2D eigenvalue weighted by Gasteiger charge is 2.26. The molecule has 0 aromatic heterocycles. The number of sulfonamides is 1. The molecule has 0 unspecified atom stereocenters. The molecule has 0 saturated carbocycles. The fourth-order valence-electron chi connectivity index (χ4n) is 1.77. The van der Waals surface area contributed by atoms with Crippen LogP contribution >= 0.6 is 0 Å². The first-order valence-electron chi connectivity index (χ1n) is 6.00. The van der Waals surface area contributed by atoms with Crippen molar-refractivity contribution in [2.75, 3.05) is 13.7 Å². The van der Waals surface area contributed by atoms with E-state index < -0.39 is 21.5 Å². The molecule has 0 atom stereocenters. The van der Waals surface area contributed by atoms with Crippen LogP contribution in [0, 0.1) is 0 Å². The molecule has 0 radical (unpaired) electrons. The van der Waals surface area contributed by atoms with E-state index in [1.54, 1.807) is 13.8 Å². The Morgan fingerprint density at radius 2 is 1.85 bits per heavy atom. The van der Waals surface area contributed by atoms with E-state index in [9.17, 15) is 13.2 Å². The lowest BCUT2D eigenvalue weighted by molar-refractivity contribution is -0.136. The maximum absolute atomic E-state index is 12.2. The summed E-state index contributed by atoms with van der Waals surface area (Å²) in [7, 11) is -2.17. The number of benzene rings is 1. The van der Waals surface area contributed by atoms with Crippen LogP contribution in [0.5, 0.6) is 0 Å². The van der Waals surface area contributed by atoms with Gasteiger partial charge in [-0.05, 0) is 31.5 Å². The molecule has 7 heteroatoms. The van der Waals surface area contributed by atoms with Crippen LogP contribution in [-0.4, -0.2) is 38.7 Å². The van der Waals surface area contributed by atoms with E-state index >= 15 is 0 Å². The molecule has 6 nitrogen and oxygen atoms in total. The van der Waals surface area contributed by atoms with Gasteiger partial charge >= 0.3 is 5.97 Å². The minimum atomic E-state index is -3.66. The topological polar surface area (TPSA) is 92.7 Å². The van der Waals surface area contributed by atoms with Crippen molar-refractivity contribution in [2.24, 2.45) is 0 Å². The first-order chi connectivity index (χ1) is 9.16. The number of carboxylic acids is 1. The van der Waals surface area contributed by atoms with Gasteiger partial charge in [-0.2, -0.15) is 0 Å². The first-order valence-corrected chi connectivity index (χ1v) is 7.48. The van der Waals surface area contributed by atoms with E-state index in [4.69, 9.17) is 9.84 Å². The zero-order valence-corrected chi connectivity index (χ0v) is 12.5. The summed E-state index contributed by atoms with van der Waals surface area (Å²) >= 11 is 0. The number of carboxylic acid groups (broad SMARTS) is 1. The molecule has 1 aromatic carbocycles. The predicted octanol–water partition coefficient (Wildman–Crippen LogP) is 1.02. The van der Waals surface area contributed by atoms with E-state index in [1.165, 1.54) is 31.4 Å². The molecular weight excluding hydrogens is 282 g/mol. The van der Waals surface area contributed by atoms with Crippen molar-refractivity contribution in [1.29, 1.82) is 0 Å². The smallest absolute Gasteiger partial charge is 0.307 e. The summed E-state index contributed by atoms with van der Waals surface area (Å²) in [6, 6.07) is 5.77. The van der Waals surface area contributed by atoms with Gasteiger partial charge in [0.2, 0.25) is 10.0 Å². The average Bonchev–Trinajstić information content (AvgIpc) is 2.27. The maximum atomic E-state index is 12.2. The Balaban J connectivity index is 2.90. The third kappa shape index (κ3) is 4.92. The van der Waals surface area contributed by atoms with Crippen LogP contribution in [0.15, 0.2) is 29.2 Å². The van der Waals surface area contributed by atoms with Crippen LogP contribution < -0.4 is 4.72 Å². The highest BCUT2D eigenvalue weighted by atomic mass is 32.2. The Labute approximate surface area is 118 Å².